The third-order valence-corrected chi connectivity index (χ3v) is 11.5. The van der Waals surface area contributed by atoms with Crippen molar-refractivity contribution in [2.75, 3.05) is 0 Å². The summed E-state index contributed by atoms with van der Waals surface area (Å²) in [6.07, 6.45) is 9.44. The van der Waals surface area contributed by atoms with E-state index in [1.54, 1.807) is 0 Å². The zero-order valence-electron chi connectivity index (χ0n) is 34.4. The maximum absolute atomic E-state index is 6.29. The summed E-state index contributed by atoms with van der Waals surface area (Å²) in [6.45, 7) is 2.21. The van der Waals surface area contributed by atoms with Gasteiger partial charge in [0, 0.05) is 27.7 Å². The van der Waals surface area contributed by atoms with Crippen LogP contribution in [0.2, 0.25) is 0 Å². The third-order valence-electron chi connectivity index (χ3n) is 11.5. The molecule has 4 nitrogen and oxygen atoms in total. The van der Waals surface area contributed by atoms with E-state index < -0.39 is 0 Å². The lowest BCUT2D eigenvalue weighted by atomic mass is 9.82. The van der Waals surface area contributed by atoms with Gasteiger partial charge in [0.2, 0.25) is 0 Å². The van der Waals surface area contributed by atoms with Gasteiger partial charge in [-0.2, -0.15) is 0 Å². The fourth-order valence-corrected chi connectivity index (χ4v) is 7.97. The normalized spacial score (nSPS) is 14.4. The van der Waals surface area contributed by atoms with E-state index in [1.165, 1.54) is 5.56 Å². The molecule has 0 N–H and O–H groups in total. The van der Waals surface area contributed by atoms with E-state index in [1.807, 2.05) is 42.5 Å². The zero-order chi connectivity index (χ0) is 41.7. The second-order valence-corrected chi connectivity index (χ2v) is 15.9. The Balaban J connectivity index is 0.827. The van der Waals surface area contributed by atoms with Crippen molar-refractivity contribution in [2.24, 2.45) is 0 Å². The van der Waals surface area contributed by atoms with Crippen LogP contribution in [0.15, 0.2) is 231 Å². The number of rotatable bonds is 10. The van der Waals surface area contributed by atoms with Crippen LogP contribution in [0.1, 0.15) is 19.2 Å². The number of aromatic nitrogens is 3. The molecule has 62 heavy (non-hydrogen) atoms. The molecule has 2 heterocycles. The molecule has 1 aliphatic rings. The molecule has 0 amide bonds. The van der Waals surface area contributed by atoms with Crippen molar-refractivity contribution in [3.8, 4) is 89.9 Å². The predicted molar refractivity (Wildman–Crippen MR) is 255 cm³/mol. The Kier molecular flexibility index (Phi) is 10.5. The highest BCUT2D eigenvalue weighted by Crippen LogP contribution is 2.36. The Morgan fingerprint density at radius 2 is 0.710 bits per heavy atom. The van der Waals surface area contributed by atoms with Crippen LogP contribution in [-0.2, 0) is 5.41 Å². The standard InChI is InChI=1S/C58H43N3O/c1-58(36-12-5-13-37-58)57-60-55(47-18-10-4-11-19-47)40-56(61-57)49-26-22-43(23-27-49)45-30-34-52(35-31-45)62-51-32-28-44(29-33-51)42-20-24-48(25-21-42)54-39-50(41-14-6-2-7-15-41)38-53(59-54)46-16-8-3-9-17-46/h2-36,38-40H,37H2,1H3. The Morgan fingerprint density at radius 3 is 1.13 bits per heavy atom. The highest BCUT2D eigenvalue weighted by Gasteiger charge is 2.28. The smallest absolute Gasteiger partial charge is 0.139 e. The van der Waals surface area contributed by atoms with Crippen LogP contribution in [0, 0.1) is 0 Å². The molecule has 2 aromatic heterocycles. The first-order chi connectivity index (χ1) is 30.5. The third kappa shape index (κ3) is 8.27. The first kappa shape index (κ1) is 38.3. The highest BCUT2D eigenvalue weighted by molar-refractivity contribution is 5.78. The summed E-state index contributed by atoms with van der Waals surface area (Å²) >= 11 is 0. The van der Waals surface area contributed by atoms with Crippen molar-refractivity contribution in [3.63, 3.8) is 0 Å². The Hall–Kier alpha value is -7.95. The highest BCUT2D eigenvalue weighted by atomic mass is 16.5. The number of pyridine rings is 1. The van der Waals surface area contributed by atoms with Crippen molar-refractivity contribution in [2.45, 2.75) is 18.8 Å². The van der Waals surface area contributed by atoms with E-state index in [0.717, 1.165) is 96.6 Å². The molecule has 0 spiro atoms. The van der Waals surface area contributed by atoms with Crippen molar-refractivity contribution >= 4 is 0 Å². The number of nitrogens with zero attached hydrogens (tertiary/aromatic N) is 3. The van der Waals surface area contributed by atoms with Gasteiger partial charge < -0.3 is 4.74 Å². The minimum absolute atomic E-state index is 0.267. The largest absolute Gasteiger partial charge is 0.457 e. The van der Waals surface area contributed by atoms with Crippen LogP contribution in [0.5, 0.6) is 11.5 Å². The zero-order valence-corrected chi connectivity index (χ0v) is 34.4. The van der Waals surface area contributed by atoms with E-state index >= 15 is 0 Å². The lowest BCUT2D eigenvalue weighted by Gasteiger charge is -2.26. The quantitative estimate of drug-likeness (QED) is 0.138. The van der Waals surface area contributed by atoms with Crippen LogP contribution in [-0.4, -0.2) is 15.0 Å². The summed E-state index contributed by atoms with van der Waals surface area (Å²) in [5.41, 5.74) is 14.6. The average Bonchev–Trinajstić information content (AvgIpc) is 3.35. The second kappa shape index (κ2) is 17.0. The van der Waals surface area contributed by atoms with Gasteiger partial charge in [-0.1, -0.05) is 188 Å². The molecule has 0 fully saturated rings. The molecule has 4 heteroatoms. The fraction of sp³-hybridized carbons (Fsp3) is 0.0517. The lowest BCUT2D eigenvalue weighted by molar-refractivity contribution is 0.483. The van der Waals surface area contributed by atoms with Crippen molar-refractivity contribution in [1.82, 2.24) is 15.0 Å². The minimum atomic E-state index is -0.267. The molecular formula is C58H43N3O. The van der Waals surface area contributed by atoms with E-state index in [4.69, 9.17) is 19.7 Å². The molecule has 1 unspecified atom stereocenters. The van der Waals surface area contributed by atoms with E-state index in [2.05, 4.69) is 195 Å². The summed E-state index contributed by atoms with van der Waals surface area (Å²) in [4.78, 5) is 15.3. The number of ether oxygens (including phenoxy) is 1. The van der Waals surface area contributed by atoms with Crippen LogP contribution < -0.4 is 4.74 Å². The maximum atomic E-state index is 6.29. The average molecular weight is 798 g/mol. The van der Waals surface area contributed by atoms with E-state index in [9.17, 15) is 0 Å². The fourth-order valence-electron chi connectivity index (χ4n) is 7.97. The number of allylic oxidation sites excluding steroid dienone is 4. The van der Waals surface area contributed by atoms with Gasteiger partial charge in [-0.3, -0.25) is 0 Å². The van der Waals surface area contributed by atoms with Gasteiger partial charge >= 0.3 is 0 Å². The van der Waals surface area contributed by atoms with E-state index in [0.29, 0.717) is 0 Å². The maximum Gasteiger partial charge on any atom is 0.139 e. The van der Waals surface area contributed by atoms with Gasteiger partial charge in [-0.05, 0) is 89.2 Å². The Morgan fingerprint density at radius 1 is 0.355 bits per heavy atom. The van der Waals surface area contributed by atoms with Crippen LogP contribution in [0.25, 0.3) is 78.4 Å². The molecule has 7 aromatic carbocycles. The number of hydrogen-bond donors (Lipinski definition) is 0. The van der Waals surface area contributed by atoms with E-state index in [-0.39, 0.29) is 5.41 Å². The van der Waals surface area contributed by atoms with Gasteiger partial charge in [0.25, 0.3) is 0 Å². The molecular weight excluding hydrogens is 755 g/mol. The molecule has 0 saturated carbocycles. The summed E-state index contributed by atoms with van der Waals surface area (Å²) in [7, 11) is 0. The van der Waals surface area contributed by atoms with Crippen LogP contribution in [0.4, 0.5) is 0 Å². The molecule has 10 rings (SSSR count). The monoisotopic (exact) mass is 797 g/mol. The van der Waals surface area contributed by atoms with Crippen LogP contribution >= 0.6 is 0 Å². The first-order valence-corrected chi connectivity index (χ1v) is 21.0. The summed E-state index contributed by atoms with van der Waals surface area (Å²) in [5, 5.41) is 0. The number of hydrogen-bond acceptors (Lipinski definition) is 4. The molecule has 0 radical (unpaired) electrons. The molecule has 0 bridgehead atoms. The Labute approximate surface area is 363 Å². The summed E-state index contributed by atoms with van der Waals surface area (Å²) < 4.78 is 6.29. The molecule has 296 valence electrons. The molecule has 1 aliphatic carbocycles. The molecule has 0 aliphatic heterocycles. The van der Waals surface area contributed by atoms with Crippen molar-refractivity contribution < 1.29 is 4.74 Å². The first-order valence-electron chi connectivity index (χ1n) is 21.0. The number of benzene rings is 7. The molecule has 0 saturated heterocycles. The minimum Gasteiger partial charge on any atom is -0.457 e. The second-order valence-electron chi connectivity index (χ2n) is 15.9. The van der Waals surface area contributed by atoms with Gasteiger partial charge in [0.05, 0.1) is 22.8 Å². The Bertz CT molecular complexity index is 2960. The van der Waals surface area contributed by atoms with Crippen molar-refractivity contribution in [1.29, 1.82) is 0 Å². The predicted octanol–water partition coefficient (Wildman–Crippen LogP) is 15.1. The molecule has 1 atom stereocenters. The van der Waals surface area contributed by atoms with Gasteiger partial charge in [0.1, 0.15) is 17.3 Å². The van der Waals surface area contributed by atoms with Gasteiger partial charge in [-0.25, -0.2) is 15.0 Å². The SMILES string of the molecule is CC1(c2nc(-c3ccccc3)cc(-c3ccc(-c4ccc(Oc5ccc(-c6ccc(-c7cc(-c8ccccc8)cc(-c8ccccc8)n7)cc6)cc5)cc4)cc3)n2)C=CC=CC1. The van der Waals surface area contributed by atoms with Gasteiger partial charge in [0.15, 0.2) is 0 Å². The molecule has 9 aromatic rings. The topological polar surface area (TPSA) is 47.9 Å². The summed E-state index contributed by atoms with van der Waals surface area (Å²) in [6, 6.07) is 71.4. The van der Waals surface area contributed by atoms with Crippen molar-refractivity contribution in [3.05, 3.63) is 236 Å². The van der Waals surface area contributed by atoms with Gasteiger partial charge in [-0.15, -0.1) is 0 Å². The van der Waals surface area contributed by atoms with Crippen LogP contribution in [0.3, 0.4) is 0 Å². The lowest BCUT2D eigenvalue weighted by Crippen LogP contribution is -2.23. The summed E-state index contributed by atoms with van der Waals surface area (Å²) in [5.74, 6) is 2.39.